The van der Waals surface area contributed by atoms with Gasteiger partial charge >= 0.3 is 16.1 Å². The van der Waals surface area contributed by atoms with Crippen molar-refractivity contribution in [3.8, 4) is 16.2 Å². The summed E-state index contributed by atoms with van der Waals surface area (Å²) in [7, 11) is -6.94. The van der Waals surface area contributed by atoms with Gasteiger partial charge in [-0.05, 0) is 53.8 Å². The van der Waals surface area contributed by atoms with Gasteiger partial charge in [-0.3, -0.25) is 4.79 Å². The maximum absolute atomic E-state index is 13.3. The molecule has 0 radical (unpaired) electrons. The lowest BCUT2D eigenvalue weighted by molar-refractivity contribution is -0.137. The molecule has 172 valence electrons. The van der Waals surface area contributed by atoms with E-state index in [4.69, 9.17) is 4.18 Å². The topological polar surface area (TPSA) is 120 Å². The van der Waals surface area contributed by atoms with Crippen molar-refractivity contribution in [2.45, 2.75) is 24.1 Å². The van der Waals surface area contributed by atoms with Gasteiger partial charge in [-0.15, -0.1) is 11.3 Å². The van der Waals surface area contributed by atoms with Crippen LogP contribution in [0.5, 0.6) is 5.75 Å². The zero-order chi connectivity index (χ0) is 23.8. The van der Waals surface area contributed by atoms with Gasteiger partial charge in [0.05, 0.1) is 11.3 Å². The summed E-state index contributed by atoms with van der Waals surface area (Å²) in [5.74, 6) is -1.24. The van der Waals surface area contributed by atoms with Crippen molar-refractivity contribution in [2.75, 3.05) is 0 Å². The Morgan fingerprint density at radius 2 is 1.85 bits per heavy atom. The molecule has 2 aromatic heterocycles. The predicted molar refractivity (Wildman–Crippen MR) is 126 cm³/mol. The third kappa shape index (κ3) is 4.80. The Labute approximate surface area is 195 Å². The number of aromatic nitrogens is 1. The second-order valence-electron chi connectivity index (χ2n) is 7.28. The predicted octanol–water partition coefficient (Wildman–Crippen LogP) is 3.64. The van der Waals surface area contributed by atoms with E-state index >= 15 is 0 Å². The van der Waals surface area contributed by atoms with Crippen molar-refractivity contribution in [3.05, 3.63) is 71.2 Å². The first-order valence-corrected chi connectivity index (χ1v) is 13.3. The first-order chi connectivity index (χ1) is 15.7. The number of hydrogen-bond acceptors (Lipinski definition) is 7. The molecule has 0 aliphatic heterocycles. The summed E-state index contributed by atoms with van der Waals surface area (Å²) in [6, 6.07) is 14.8. The molecule has 2 heterocycles. The van der Waals surface area contributed by atoms with Crippen LogP contribution in [0.1, 0.15) is 11.3 Å². The number of hydrogen-bond donors (Lipinski definition) is 2. The van der Waals surface area contributed by atoms with E-state index in [0.29, 0.717) is 16.5 Å². The third-order valence-corrected chi connectivity index (χ3v) is 8.02. The molecule has 11 heteroatoms. The fourth-order valence-electron chi connectivity index (χ4n) is 3.67. The average molecular weight is 506 g/mol. The van der Waals surface area contributed by atoms with Crippen molar-refractivity contribution in [2.24, 2.45) is 0 Å². The fourth-order valence-corrected chi connectivity index (χ4v) is 6.26. The van der Waals surface area contributed by atoms with Gasteiger partial charge in [-0.25, -0.2) is 8.42 Å². The molecule has 0 unspecified atom stereocenters. The van der Waals surface area contributed by atoms with Gasteiger partial charge in [-0.1, -0.05) is 24.3 Å². The van der Waals surface area contributed by atoms with Gasteiger partial charge in [0.25, 0.3) is 0 Å². The molecule has 33 heavy (non-hydrogen) atoms. The lowest BCUT2D eigenvalue weighted by Gasteiger charge is -2.09. The van der Waals surface area contributed by atoms with Crippen LogP contribution in [-0.2, 0) is 37.9 Å². The minimum absolute atomic E-state index is 0.0211. The van der Waals surface area contributed by atoms with Crippen LogP contribution in [0.25, 0.3) is 21.3 Å². The summed E-state index contributed by atoms with van der Waals surface area (Å²) < 4.78 is 55.2. The second-order valence-corrected chi connectivity index (χ2v) is 10.7. The first-order valence-electron chi connectivity index (χ1n) is 9.69. The van der Waals surface area contributed by atoms with E-state index in [1.54, 1.807) is 12.1 Å². The molecule has 0 saturated heterocycles. The molecule has 0 atom stereocenters. The molecule has 2 aromatic carbocycles. The van der Waals surface area contributed by atoms with Crippen LogP contribution in [0, 0.1) is 6.92 Å². The van der Waals surface area contributed by atoms with Gasteiger partial charge in [0.15, 0.2) is 0 Å². The van der Waals surface area contributed by atoms with Crippen molar-refractivity contribution in [1.29, 1.82) is 0 Å². The Bertz CT molecular complexity index is 1510. The lowest BCUT2D eigenvalue weighted by Crippen LogP contribution is -2.13. The minimum atomic E-state index is -4.34. The van der Waals surface area contributed by atoms with Gasteiger partial charge in [-0.2, -0.15) is 8.42 Å². The van der Waals surface area contributed by atoms with Gasteiger partial charge in [0, 0.05) is 16.0 Å². The Balaban J connectivity index is 1.82. The largest absolute Gasteiger partial charge is 0.480 e. The number of aliphatic carboxylic acids is 1. The summed E-state index contributed by atoms with van der Waals surface area (Å²) in [5.41, 5.74) is 2.02. The zero-order valence-electron chi connectivity index (χ0n) is 17.3. The number of benzene rings is 2. The summed E-state index contributed by atoms with van der Waals surface area (Å²) in [4.78, 5) is 12.3. The molecule has 0 amide bonds. The SMILES string of the molecule is Cc1c(S(=O)(=O)Oc2ccc(C[SH](=O)=O)cc2)c2cc(-c3cccs3)ccc2n1CC(=O)O. The average Bonchev–Trinajstić information content (AvgIpc) is 3.36. The molecule has 4 aromatic rings. The molecular weight excluding hydrogens is 486 g/mol. The summed E-state index contributed by atoms with van der Waals surface area (Å²) in [6.07, 6.45) is 0. The third-order valence-electron chi connectivity index (χ3n) is 5.06. The lowest BCUT2D eigenvalue weighted by atomic mass is 10.1. The van der Waals surface area contributed by atoms with E-state index in [1.807, 2.05) is 23.6 Å². The Morgan fingerprint density at radius 3 is 2.45 bits per heavy atom. The van der Waals surface area contributed by atoms with E-state index in [1.165, 1.54) is 47.1 Å². The van der Waals surface area contributed by atoms with Crippen molar-refractivity contribution in [1.82, 2.24) is 4.57 Å². The number of carboxylic acid groups (broad SMARTS) is 1. The van der Waals surface area contributed by atoms with E-state index in [9.17, 15) is 26.7 Å². The second kappa shape index (κ2) is 9.00. The number of fused-ring (bicyclic) bond motifs is 1. The standard InChI is InChI=1S/C22H19NO7S3/c1-14-22(33(28,29)30-17-7-4-15(5-8-17)13-32(26)27)18-11-16(20-3-2-10-31-20)6-9-19(18)23(14)12-21(24)25/h2-11,32H,12-13H2,1H3,(H,24,25). The van der Waals surface area contributed by atoms with Crippen LogP contribution < -0.4 is 4.18 Å². The van der Waals surface area contributed by atoms with Crippen LogP contribution in [0.4, 0.5) is 0 Å². The van der Waals surface area contributed by atoms with Gasteiger partial charge in [0.2, 0.25) is 0 Å². The van der Waals surface area contributed by atoms with Crippen molar-refractivity contribution < 1.29 is 30.9 Å². The number of thiol groups is 1. The smallest absolute Gasteiger partial charge is 0.341 e. The fraction of sp³-hybridized carbons (Fsp3) is 0.136. The molecule has 0 bridgehead atoms. The Morgan fingerprint density at radius 1 is 1.12 bits per heavy atom. The van der Waals surface area contributed by atoms with E-state index in [0.717, 1.165) is 10.4 Å². The summed E-state index contributed by atoms with van der Waals surface area (Å²) in [5, 5.41) is 11.6. The van der Waals surface area contributed by atoms with E-state index < -0.39 is 33.3 Å². The monoisotopic (exact) mass is 505 g/mol. The Hall–Kier alpha value is -3.15. The minimum Gasteiger partial charge on any atom is -0.480 e. The van der Waals surface area contributed by atoms with Crippen LogP contribution >= 0.6 is 11.3 Å². The molecule has 0 spiro atoms. The van der Waals surface area contributed by atoms with Crippen molar-refractivity contribution >= 4 is 49.0 Å². The Kier molecular flexibility index (Phi) is 6.28. The highest BCUT2D eigenvalue weighted by molar-refractivity contribution is 7.87. The van der Waals surface area contributed by atoms with E-state index in [-0.39, 0.29) is 22.1 Å². The quantitative estimate of drug-likeness (QED) is 0.277. The van der Waals surface area contributed by atoms with Crippen LogP contribution in [0.2, 0.25) is 0 Å². The summed E-state index contributed by atoms with van der Waals surface area (Å²) in [6.45, 7) is 1.14. The normalized spacial score (nSPS) is 11.8. The number of carbonyl (C=O) groups is 1. The molecule has 0 fully saturated rings. The highest BCUT2D eigenvalue weighted by Gasteiger charge is 2.28. The van der Waals surface area contributed by atoms with Crippen LogP contribution in [-0.4, -0.2) is 32.5 Å². The maximum atomic E-state index is 13.3. The van der Waals surface area contributed by atoms with E-state index in [2.05, 4.69) is 0 Å². The molecule has 8 nitrogen and oxygen atoms in total. The summed E-state index contributed by atoms with van der Waals surface area (Å²) >= 11 is 1.50. The van der Waals surface area contributed by atoms with Gasteiger partial charge in [0.1, 0.15) is 27.9 Å². The number of carboxylic acids is 1. The van der Waals surface area contributed by atoms with Crippen LogP contribution in [0.3, 0.4) is 0 Å². The molecule has 1 N–H and O–H groups in total. The number of rotatable bonds is 8. The maximum Gasteiger partial charge on any atom is 0.341 e. The molecule has 0 aliphatic rings. The highest BCUT2D eigenvalue weighted by Crippen LogP contribution is 2.36. The molecular formula is C22H19NO7S3. The zero-order valence-corrected chi connectivity index (χ0v) is 19.8. The van der Waals surface area contributed by atoms with Crippen molar-refractivity contribution in [3.63, 3.8) is 0 Å². The van der Waals surface area contributed by atoms with Gasteiger partial charge < -0.3 is 13.9 Å². The molecule has 4 rings (SSSR count). The van der Waals surface area contributed by atoms with Crippen LogP contribution in [0.15, 0.2) is 64.9 Å². The number of nitrogens with zero attached hydrogens (tertiary/aromatic N) is 1. The molecule has 0 aliphatic carbocycles. The number of thiophene rings is 1. The molecule has 0 saturated carbocycles. The highest BCUT2D eigenvalue weighted by atomic mass is 32.2. The first kappa shape index (κ1) is 23.0.